The molecule has 9 nitrogen and oxygen atoms in total. The van der Waals surface area contributed by atoms with Gasteiger partial charge in [-0.05, 0) is 110 Å². The Labute approximate surface area is 309 Å². The second kappa shape index (κ2) is 12.7. The molecular weight excluding hydrogens is 667 g/mol. The highest BCUT2D eigenvalue weighted by Crippen LogP contribution is 2.38. The SMILES string of the molecule is C=C(/N=C(\N)c1cc(C#N)ccc1-n1c2ccc(C#N)cc2c2cc(C#N)ccc21)c1cc(C#N)ccc1-n1c2ccc(C)cc2c2cc(C#N)ccc21. The van der Waals surface area contributed by atoms with Crippen LogP contribution in [0.3, 0.4) is 0 Å². The Bertz CT molecular complexity index is 3140. The zero-order chi connectivity index (χ0) is 37.7. The van der Waals surface area contributed by atoms with Gasteiger partial charge >= 0.3 is 0 Å². The molecule has 2 heterocycles. The van der Waals surface area contributed by atoms with Gasteiger partial charge in [-0.25, -0.2) is 4.99 Å². The van der Waals surface area contributed by atoms with E-state index in [0.717, 1.165) is 49.2 Å². The van der Waals surface area contributed by atoms with Gasteiger partial charge in [-0.1, -0.05) is 18.2 Å². The van der Waals surface area contributed by atoms with Crippen molar-refractivity contribution in [2.75, 3.05) is 0 Å². The molecule has 0 bridgehead atoms. The van der Waals surface area contributed by atoms with Crippen molar-refractivity contribution in [3.8, 4) is 41.7 Å². The highest BCUT2D eigenvalue weighted by atomic mass is 15.0. The lowest BCUT2D eigenvalue weighted by Gasteiger charge is -2.16. The summed E-state index contributed by atoms with van der Waals surface area (Å²) in [4.78, 5) is 4.85. The molecule has 54 heavy (non-hydrogen) atoms. The van der Waals surface area contributed by atoms with Gasteiger partial charge in [-0.2, -0.15) is 26.3 Å². The van der Waals surface area contributed by atoms with Crippen LogP contribution in [0.25, 0.3) is 60.7 Å². The molecule has 9 heteroatoms. The van der Waals surface area contributed by atoms with Crippen LogP contribution in [-0.2, 0) is 0 Å². The molecule has 0 atom stereocenters. The maximum Gasteiger partial charge on any atom is 0.133 e. The van der Waals surface area contributed by atoms with Crippen LogP contribution in [0.1, 0.15) is 44.5 Å². The van der Waals surface area contributed by atoms with Crippen molar-refractivity contribution in [1.29, 1.82) is 26.3 Å². The summed E-state index contributed by atoms with van der Waals surface area (Å²) in [6, 6.07) is 44.0. The average molecular weight is 692 g/mol. The van der Waals surface area contributed by atoms with E-state index in [1.165, 1.54) is 0 Å². The van der Waals surface area contributed by atoms with E-state index < -0.39 is 0 Å². The number of amidine groups is 1. The van der Waals surface area contributed by atoms with Crippen molar-refractivity contribution >= 4 is 55.1 Å². The lowest BCUT2D eigenvalue weighted by Crippen LogP contribution is -2.17. The Hall–Kier alpha value is -8.42. The van der Waals surface area contributed by atoms with Crippen molar-refractivity contribution in [2.24, 2.45) is 10.7 Å². The van der Waals surface area contributed by atoms with Gasteiger partial charge in [0.2, 0.25) is 0 Å². The van der Waals surface area contributed by atoms with Crippen LogP contribution in [0.2, 0.25) is 0 Å². The highest BCUT2D eigenvalue weighted by Gasteiger charge is 2.21. The second-order valence-corrected chi connectivity index (χ2v) is 12.9. The molecule has 0 fully saturated rings. The average Bonchev–Trinajstić information content (AvgIpc) is 3.70. The Morgan fingerprint density at radius 1 is 0.500 bits per heavy atom. The molecule has 0 saturated heterocycles. The summed E-state index contributed by atoms with van der Waals surface area (Å²) in [5, 5.41) is 52.4. The van der Waals surface area contributed by atoms with Crippen LogP contribution in [0.4, 0.5) is 0 Å². The van der Waals surface area contributed by atoms with E-state index in [9.17, 15) is 26.3 Å². The fourth-order valence-corrected chi connectivity index (χ4v) is 7.19. The number of nitriles is 5. The number of rotatable bonds is 5. The summed E-state index contributed by atoms with van der Waals surface area (Å²) in [6.07, 6.45) is 0. The van der Waals surface area contributed by atoms with Gasteiger partial charge in [0.25, 0.3) is 0 Å². The number of fused-ring (bicyclic) bond motifs is 6. The quantitative estimate of drug-likeness (QED) is 0.140. The summed E-state index contributed by atoms with van der Waals surface area (Å²) in [5.74, 6) is 0.0780. The van der Waals surface area contributed by atoms with Gasteiger partial charge in [0.05, 0.1) is 97.3 Å². The first-order chi connectivity index (χ1) is 26.3. The first kappa shape index (κ1) is 32.8. The molecule has 0 aliphatic carbocycles. The maximum atomic E-state index is 9.95. The third-order valence-corrected chi connectivity index (χ3v) is 9.65. The molecule has 2 N–H and O–H groups in total. The van der Waals surface area contributed by atoms with Gasteiger partial charge in [-0.15, -0.1) is 0 Å². The van der Waals surface area contributed by atoms with Crippen molar-refractivity contribution in [3.05, 3.63) is 160 Å². The number of aromatic nitrogens is 2. The van der Waals surface area contributed by atoms with Gasteiger partial charge < -0.3 is 14.9 Å². The predicted octanol–water partition coefficient (Wildman–Crippen LogP) is 8.92. The third-order valence-electron chi connectivity index (χ3n) is 9.65. The smallest absolute Gasteiger partial charge is 0.133 e. The number of hydrogen-bond donors (Lipinski definition) is 1. The fourth-order valence-electron chi connectivity index (χ4n) is 7.19. The number of aliphatic imine (C=N–C) groups is 1. The molecule has 250 valence electrons. The van der Waals surface area contributed by atoms with E-state index in [1.54, 1.807) is 60.7 Å². The lowest BCUT2D eigenvalue weighted by molar-refractivity contribution is 1.16. The van der Waals surface area contributed by atoms with E-state index in [4.69, 9.17) is 10.7 Å². The summed E-state index contributed by atoms with van der Waals surface area (Å²) in [7, 11) is 0. The largest absolute Gasteiger partial charge is 0.383 e. The van der Waals surface area contributed by atoms with Gasteiger partial charge in [-0.3, -0.25) is 0 Å². The van der Waals surface area contributed by atoms with Gasteiger partial charge in [0.15, 0.2) is 0 Å². The molecule has 8 aromatic rings. The number of nitrogens with two attached hydrogens (primary N) is 1. The molecule has 0 radical (unpaired) electrons. The molecule has 8 rings (SSSR count). The van der Waals surface area contributed by atoms with Crippen LogP contribution in [-0.4, -0.2) is 15.0 Å². The Morgan fingerprint density at radius 2 is 0.852 bits per heavy atom. The van der Waals surface area contributed by atoms with Crippen molar-refractivity contribution < 1.29 is 0 Å². The minimum atomic E-state index is 0.0780. The van der Waals surface area contributed by atoms with E-state index in [2.05, 4.69) is 47.6 Å². The zero-order valence-corrected chi connectivity index (χ0v) is 28.8. The van der Waals surface area contributed by atoms with E-state index in [0.29, 0.717) is 50.3 Å². The standard InChI is InChI=1S/C45H25N9/c1-26-3-9-40-34(15-26)35-17-29(22-47)5-11-41(35)53(40)39-10-4-28(21-46)16-33(39)27(2)52-45(51)38-20-32(25-50)8-14-44(38)54-42-12-6-30(23-48)18-36(42)37-19-31(24-49)7-13-43(37)54/h3-20H,2H2,1H3,(H2,51,52). The number of aryl methyl sites for hydroxylation is 1. The molecule has 6 aromatic carbocycles. The first-order valence-corrected chi connectivity index (χ1v) is 16.7. The number of nitrogens with zero attached hydrogens (tertiary/aromatic N) is 8. The highest BCUT2D eigenvalue weighted by molar-refractivity contribution is 6.13. The first-order valence-electron chi connectivity index (χ1n) is 16.7. The second-order valence-electron chi connectivity index (χ2n) is 12.9. The molecule has 0 aliphatic rings. The summed E-state index contributed by atoms with van der Waals surface area (Å²) < 4.78 is 4.05. The van der Waals surface area contributed by atoms with Gasteiger partial charge in [0, 0.05) is 32.7 Å². The zero-order valence-electron chi connectivity index (χ0n) is 28.8. The Kier molecular flexibility index (Phi) is 7.72. The van der Waals surface area contributed by atoms with Crippen LogP contribution in [0.15, 0.2) is 121 Å². The summed E-state index contributed by atoms with van der Waals surface area (Å²) in [6.45, 7) is 6.36. The lowest BCUT2D eigenvalue weighted by atomic mass is 10.0. The summed E-state index contributed by atoms with van der Waals surface area (Å²) >= 11 is 0. The van der Waals surface area contributed by atoms with Crippen molar-refractivity contribution in [2.45, 2.75) is 6.92 Å². The van der Waals surface area contributed by atoms with E-state index in [-0.39, 0.29) is 11.5 Å². The van der Waals surface area contributed by atoms with Crippen LogP contribution < -0.4 is 5.73 Å². The van der Waals surface area contributed by atoms with Crippen molar-refractivity contribution in [1.82, 2.24) is 9.13 Å². The Balaban J connectivity index is 1.35. The van der Waals surface area contributed by atoms with Crippen LogP contribution >= 0.6 is 0 Å². The molecule has 2 aromatic heterocycles. The molecule has 0 spiro atoms. The fraction of sp³-hybridized carbons (Fsp3) is 0.0222. The molecule has 0 unspecified atom stereocenters. The predicted molar refractivity (Wildman–Crippen MR) is 210 cm³/mol. The number of hydrogen-bond acceptors (Lipinski definition) is 6. The van der Waals surface area contributed by atoms with Crippen LogP contribution in [0.5, 0.6) is 0 Å². The number of benzene rings is 6. The van der Waals surface area contributed by atoms with E-state index >= 15 is 0 Å². The van der Waals surface area contributed by atoms with Crippen molar-refractivity contribution in [3.63, 3.8) is 0 Å². The molecule has 0 aliphatic heterocycles. The van der Waals surface area contributed by atoms with Crippen LogP contribution in [0, 0.1) is 63.6 Å². The molecule has 0 amide bonds. The topological polar surface area (TPSA) is 167 Å². The Morgan fingerprint density at radius 3 is 1.30 bits per heavy atom. The van der Waals surface area contributed by atoms with Gasteiger partial charge in [0.1, 0.15) is 5.84 Å². The molecular formula is C45H25N9. The molecule has 0 saturated carbocycles. The minimum absolute atomic E-state index is 0.0780. The summed E-state index contributed by atoms with van der Waals surface area (Å²) in [5.41, 5.74) is 16.1. The third kappa shape index (κ3) is 5.17. The minimum Gasteiger partial charge on any atom is -0.383 e. The normalized spacial score (nSPS) is 11.2. The van der Waals surface area contributed by atoms with E-state index in [1.807, 2.05) is 54.0 Å². The maximum absolute atomic E-state index is 9.95. The monoisotopic (exact) mass is 691 g/mol.